The second kappa shape index (κ2) is 6.65. The summed E-state index contributed by atoms with van der Waals surface area (Å²) in [4.78, 5) is 3.95. The van der Waals surface area contributed by atoms with Gasteiger partial charge in [-0.1, -0.05) is 6.07 Å². The normalized spacial score (nSPS) is 17.2. The number of nitrogens with zero attached hydrogens (tertiary/aromatic N) is 4. The van der Waals surface area contributed by atoms with Crippen molar-refractivity contribution in [1.82, 2.24) is 14.8 Å². The number of ether oxygens (including phenoxy) is 2. The standard InChI is InChI=1S/C19H19N5O2/c1-12-5-6-15-13(11-23-24(15)17-4-2-3-9-25-17)19(12)26-16-7-8-22-14(10-20)18(16)21/h5-8,11,17H,2-4,9,21H2,1H3. The topological polar surface area (TPSA) is 99.0 Å². The molecule has 4 rings (SSSR count). The summed E-state index contributed by atoms with van der Waals surface area (Å²) >= 11 is 0. The minimum absolute atomic E-state index is 0.0482. The van der Waals surface area contributed by atoms with E-state index >= 15 is 0 Å². The fraction of sp³-hybridized carbons (Fsp3) is 0.316. The summed E-state index contributed by atoms with van der Waals surface area (Å²) in [7, 11) is 0. The Kier molecular flexibility index (Phi) is 4.19. The van der Waals surface area contributed by atoms with Crippen LogP contribution in [0.15, 0.2) is 30.6 Å². The van der Waals surface area contributed by atoms with E-state index in [0.29, 0.717) is 11.5 Å². The number of aryl methyl sites for hydroxylation is 1. The predicted octanol–water partition coefficient (Wildman–Crippen LogP) is 3.69. The molecule has 1 saturated heterocycles. The minimum Gasteiger partial charge on any atom is -0.454 e. The number of nitriles is 1. The molecule has 3 aromatic rings. The highest BCUT2D eigenvalue weighted by atomic mass is 16.5. The van der Waals surface area contributed by atoms with E-state index in [4.69, 9.17) is 20.5 Å². The van der Waals surface area contributed by atoms with Crippen molar-refractivity contribution in [2.45, 2.75) is 32.4 Å². The van der Waals surface area contributed by atoms with Crippen molar-refractivity contribution in [3.63, 3.8) is 0 Å². The first-order valence-electron chi connectivity index (χ1n) is 8.60. The van der Waals surface area contributed by atoms with Crippen LogP contribution >= 0.6 is 0 Å². The van der Waals surface area contributed by atoms with Crippen molar-refractivity contribution in [3.05, 3.63) is 41.9 Å². The quantitative estimate of drug-likeness (QED) is 0.774. The van der Waals surface area contributed by atoms with E-state index in [-0.39, 0.29) is 17.6 Å². The van der Waals surface area contributed by atoms with E-state index in [1.54, 1.807) is 12.3 Å². The van der Waals surface area contributed by atoms with Gasteiger partial charge in [0.15, 0.2) is 17.7 Å². The average Bonchev–Trinajstić information content (AvgIpc) is 3.10. The molecule has 0 aliphatic carbocycles. The second-order valence-electron chi connectivity index (χ2n) is 6.34. The van der Waals surface area contributed by atoms with Crippen LogP contribution in [0.25, 0.3) is 10.9 Å². The Labute approximate surface area is 151 Å². The number of anilines is 1. The molecule has 132 valence electrons. The first-order valence-corrected chi connectivity index (χ1v) is 8.60. The van der Waals surface area contributed by atoms with Gasteiger partial charge >= 0.3 is 0 Å². The highest BCUT2D eigenvalue weighted by molar-refractivity contribution is 5.87. The van der Waals surface area contributed by atoms with Gasteiger partial charge in [-0.15, -0.1) is 0 Å². The molecule has 1 aliphatic rings. The maximum absolute atomic E-state index is 9.11. The van der Waals surface area contributed by atoms with E-state index in [0.717, 1.165) is 42.3 Å². The molecule has 0 radical (unpaired) electrons. The predicted molar refractivity (Wildman–Crippen MR) is 96.7 cm³/mol. The molecular formula is C19H19N5O2. The summed E-state index contributed by atoms with van der Waals surface area (Å²) in [5, 5.41) is 14.5. The third-order valence-electron chi connectivity index (χ3n) is 4.62. The molecule has 0 spiro atoms. The fourth-order valence-corrected chi connectivity index (χ4v) is 3.23. The van der Waals surface area contributed by atoms with E-state index in [1.807, 2.05) is 29.8 Å². The molecule has 0 bridgehead atoms. The Bertz CT molecular complexity index is 999. The molecule has 7 nitrogen and oxygen atoms in total. The van der Waals surface area contributed by atoms with Crippen LogP contribution in [0.2, 0.25) is 0 Å². The molecule has 3 heterocycles. The molecule has 0 saturated carbocycles. The number of nitrogens with two attached hydrogens (primary N) is 1. The van der Waals surface area contributed by atoms with E-state index in [1.165, 1.54) is 6.20 Å². The Morgan fingerprint density at radius 2 is 2.23 bits per heavy atom. The summed E-state index contributed by atoms with van der Waals surface area (Å²) in [6, 6.07) is 7.64. The number of benzene rings is 1. The number of hydrogen-bond acceptors (Lipinski definition) is 6. The van der Waals surface area contributed by atoms with E-state index in [2.05, 4.69) is 10.1 Å². The molecule has 1 aliphatic heterocycles. The Morgan fingerprint density at radius 1 is 1.35 bits per heavy atom. The Balaban J connectivity index is 1.77. The van der Waals surface area contributed by atoms with Crippen LogP contribution in [0.4, 0.5) is 5.69 Å². The van der Waals surface area contributed by atoms with Gasteiger partial charge in [0.1, 0.15) is 17.5 Å². The molecule has 2 aromatic heterocycles. The van der Waals surface area contributed by atoms with Crippen molar-refractivity contribution < 1.29 is 9.47 Å². The van der Waals surface area contributed by atoms with Gasteiger partial charge in [-0.2, -0.15) is 10.4 Å². The molecule has 1 atom stereocenters. The van der Waals surface area contributed by atoms with Crippen LogP contribution in [0.3, 0.4) is 0 Å². The lowest BCUT2D eigenvalue weighted by Crippen LogP contribution is -2.18. The lowest BCUT2D eigenvalue weighted by atomic mass is 10.1. The van der Waals surface area contributed by atoms with Gasteiger partial charge in [-0.25, -0.2) is 9.67 Å². The largest absolute Gasteiger partial charge is 0.454 e. The molecular weight excluding hydrogens is 330 g/mol. The van der Waals surface area contributed by atoms with Crippen LogP contribution < -0.4 is 10.5 Å². The highest BCUT2D eigenvalue weighted by Crippen LogP contribution is 2.37. The average molecular weight is 349 g/mol. The van der Waals surface area contributed by atoms with Crippen molar-refractivity contribution in [1.29, 1.82) is 5.26 Å². The number of aromatic nitrogens is 3. The number of nitrogen functional groups attached to an aromatic ring is 1. The number of rotatable bonds is 3. The highest BCUT2D eigenvalue weighted by Gasteiger charge is 2.21. The Hall–Kier alpha value is -3.11. The van der Waals surface area contributed by atoms with Crippen LogP contribution in [0.1, 0.15) is 36.7 Å². The van der Waals surface area contributed by atoms with Crippen molar-refractivity contribution >= 4 is 16.6 Å². The summed E-state index contributed by atoms with van der Waals surface area (Å²) in [5.41, 5.74) is 8.29. The number of fused-ring (bicyclic) bond motifs is 1. The smallest absolute Gasteiger partial charge is 0.167 e. The third kappa shape index (κ3) is 2.74. The first-order chi connectivity index (χ1) is 12.7. The maximum Gasteiger partial charge on any atom is 0.167 e. The summed E-state index contributed by atoms with van der Waals surface area (Å²) < 4.78 is 13.9. The van der Waals surface area contributed by atoms with Crippen LogP contribution in [-0.2, 0) is 4.74 Å². The van der Waals surface area contributed by atoms with Gasteiger partial charge in [-0.05, 0) is 37.8 Å². The second-order valence-corrected chi connectivity index (χ2v) is 6.34. The van der Waals surface area contributed by atoms with Crippen LogP contribution in [-0.4, -0.2) is 21.4 Å². The van der Waals surface area contributed by atoms with Gasteiger partial charge in [0.05, 0.1) is 17.1 Å². The van der Waals surface area contributed by atoms with E-state index < -0.39 is 0 Å². The zero-order valence-electron chi connectivity index (χ0n) is 14.5. The zero-order valence-corrected chi connectivity index (χ0v) is 14.5. The van der Waals surface area contributed by atoms with Crippen LogP contribution in [0.5, 0.6) is 11.5 Å². The molecule has 0 amide bonds. The molecule has 7 heteroatoms. The van der Waals surface area contributed by atoms with Crippen molar-refractivity contribution in [3.8, 4) is 17.6 Å². The lowest BCUT2D eigenvalue weighted by Gasteiger charge is -2.23. The summed E-state index contributed by atoms with van der Waals surface area (Å²) in [6.07, 6.45) is 6.42. The monoisotopic (exact) mass is 349 g/mol. The molecule has 2 N–H and O–H groups in total. The third-order valence-corrected chi connectivity index (χ3v) is 4.62. The van der Waals surface area contributed by atoms with Gasteiger partial charge in [-0.3, -0.25) is 0 Å². The van der Waals surface area contributed by atoms with Gasteiger partial charge in [0, 0.05) is 18.9 Å². The number of hydrogen-bond donors (Lipinski definition) is 1. The molecule has 26 heavy (non-hydrogen) atoms. The summed E-state index contributed by atoms with van der Waals surface area (Å²) in [6.45, 7) is 2.72. The minimum atomic E-state index is -0.0482. The van der Waals surface area contributed by atoms with Crippen molar-refractivity contribution in [2.24, 2.45) is 0 Å². The van der Waals surface area contributed by atoms with Crippen LogP contribution in [0, 0.1) is 18.3 Å². The maximum atomic E-state index is 9.11. The first kappa shape index (κ1) is 16.4. The fourth-order valence-electron chi connectivity index (χ4n) is 3.23. The molecule has 1 unspecified atom stereocenters. The van der Waals surface area contributed by atoms with Gasteiger partial charge in [0.2, 0.25) is 0 Å². The summed E-state index contributed by atoms with van der Waals surface area (Å²) in [5.74, 6) is 1.08. The zero-order chi connectivity index (χ0) is 18.1. The molecule has 1 aromatic carbocycles. The van der Waals surface area contributed by atoms with Gasteiger partial charge in [0.25, 0.3) is 0 Å². The van der Waals surface area contributed by atoms with Gasteiger partial charge < -0.3 is 15.2 Å². The Morgan fingerprint density at radius 3 is 3.00 bits per heavy atom. The molecule has 1 fully saturated rings. The van der Waals surface area contributed by atoms with E-state index in [9.17, 15) is 0 Å². The SMILES string of the molecule is Cc1ccc2c(cnn2C2CCCCO2)c1Oc1ccnc(C#N)c1N. The lowest BCUT2D eigenvalue weighted by molar-refractivity contribution is -0.0366. The number of pyridine rings is 1. The van der Waals surface area contributed by atoms with Crippen molar-refractivity contribution in [2.75, 3.05) is 12.3 Å².